The van der Waals surface area contributed by atoms with E-state index in [0.717, 1.165) is 32.7 Å². The number of ether oxygens (including phenoxy) is 1. The van der Waals surface area contributed by atoms with Crippen molar-refractivity contribution in [3.63, 3.8) is 0 Å². The molecule has 28 heavy (non-hydrogen) atoms. The van der Waals surface area contributed by atoms with Crippen LogP contribution in [0, 0.1) is 0 Å². The molecule has 2 heterocycles. The Kier molecular flexibility index (Phi) is 5.23. The summed E-state index contributed by atoms with van der Waals surface area (Å²) in [6.45, 7) is 0.657. The average molecular weight is 410 g/mol. The number of thiazole rings is 1. The molecule has 0 aliphatic heterocycles. The highest BCUT2D eigenvalue weighted by molar-refractivity contribution is 7.15. The van der Waals surface area contributed by atoms with Crippen LogP contribution in [0.25, 0.3) is 22.2 Å². The Balaban J connectivity index is 1.61. The highest BCUT2D eigenvalue weighted by Crippen LogP contribution is 2.27. The number of rotatable bonds is 5. The molecule has 1 N–H and O–H groups in total. The Morgan fingerprint density at radius 1 is 1.18 bits per heavy atom. The molecule has 0 radical (unpaired) electrons. The molecular weight excluding hydrogens is 394 g/mol. The first-order valence-electron chi connectivity index (χ1n) is 8.56. The lowest BCUT2D eigenvalue weighted by atomic mass is 10.0. The van der Waals surface area contributed by atoms with Crippen LogP contribution in [0.15, 0.2) is 60.8 Å². The van der Waals surface area contributed by atoms with E-state index in [-0.39, 0.29) is 5.97 Å². The maximum Gasteiger partial charge on any atom is 0.338 e. The Morgan fingerprint density at radius 2 is 1.96 bits per heavy atom. The number of esters is 1. The predicted octanol–water partition coefficient (Wildman–Crippen LogP) is 5.41. The van der Waals surface area contributed by atoms with Crippen molar-refractivity contribution in [2.75, 3.05) is 12.4 Å². The second-order valence-corrected chi connectivity index (χ2v) is 7.77. The summed E-state index contributed by atoms with van der Waals surface area (Å²) >= 11 is 7.31. The third kappa shape index (κ3) is 3.83. The Labute approximate surface area is 171 Å². The van der Waals surface area contributed by atoms with Crippen molar-refractivity contribution in [1.82, 2.24) is 9.97 Å². The Hall–Kier alpha value is -2.96. The molecule has 5 nitrogen and oxygen atoms in total. The van der Waals surface area contributed by atoms with Gasteiger partial charge in [-0.05, 0) is 24.3 Å². The van der Waals surface area contributed by atoms with Gasteiger partial charge in [0.05, 0.1) is 30.4 Å². The van der Waals surface area contributed by atoms with Crippen LogP contribution in [0.1, 0.15) is 15.2 Å². The number of halogens is 1. The van der Waals surface area contributed by atoms with Crippen LogP contribution in [0.4, 0.5) is 5.69 Å². The summed E-state index contributed by atoms with van der Waals surface area (Å²) in [5.41, 5.74) is 3.88. The first kappa shape index (κ1) is 18.4. The number of hydrogen-bond donors (Lipinski definition) is 1. The molecule has 2 aromatic carbocycles. The maximum atomic E-state index is 12.2. The van der Waals surface area contributed by atoms with Gasteiger partial charge in [0.25, 0.3) is 0 Å². The molecule has 4 aromatic rings. The number of fused-ring (bicyclic) bond motifs is 1. The van der Waals surface area contributed by atoms with Crippen molar-refractivity contribution in [2.45, 2.75) is 6.54 Å². The van der Waals surface area contributed by atoms with E-state index in [1.165, 1.54) is 18.4 Å². The quantitative estimate of drug-likeness (QED) is 0.446. The summed E-state index contributed by atoms with van der Waals surface area (Å²) in [4.78, 5) is 22.0. The van der Waals surface area contributed by atoms with Gasteiger partial charge >= 0.3 is 5.97 Å². The highest BCUT2D eigenvalue weighted by Gasteiger charge is 2.14. The van der Waals surface area contributed by atoms with E-state index in [4.69, 9.17) is 21.3 Å². The molecule has 4 rings (SSSR count). The lowest BCUT2D eigenvalue weighted by Crippen LogP contribution is -2.04. The van der Waals surface area contributed by atoms with Crippen LogP contribution < -0.4 is 5.32 Å². The van der Waals surface area contributed by atoms with Crippen molar-refractivity contribution in [3.05, 3.63) is 75.7 Å². The van der Waals surface area contributed by atoms with Gasteiger partial charge in [-0.1, -0.05) is 41.9 Å². The molecular formula is C21H16ClN3O2S. The van der Waals surface area contributed by atoms with E-state index < -0.39 is 0 Å². The minimum Gasteiger partial charge on any atom is -0.465 e. The van der Waals surface area contributed by atoms with Gasteiger partial charge in [0.15, 0.2) is 4.47 Å². The number of aromatic nitrogens is 2. The van der Waals surface area contributed by atoms with Gasteiger partial charge in [-0.25, -0.2) is 14.8 Å². The van der Waals surface area contributed by atoms with Crippen molar-refractivity contribution < 1.29 is 9.53 Å². The minimum atomic E-state index is -0.374. The van der Waals surface area contributed by atoms with E-state index in [0.29, 0.717) is 16.6 Å². The molecule has 0 atom stereocenters. The molecule has 0 spiro atoms. The van der Waals surface area contributed by atoms with Crippen LogP contribution in [0.2, 0.25) is 4.47 Å². The van der Waals surface area contributed by atoms with Crippen molar-refractivity contribution in [3.8, 4) is 11.3 Å². The summed E-state index contributed by atoms with van der Waals surface area (Å²) in [6, 6.07) is 17.2. The van der Waals surface area contributed by atoms with Gasteiger partial charge in [-0.15, -0.1) is 11.3 Å². The number of carbonyl (C=O) groups excluding carboxylic acids is 1. The number of nitrogens with one attached hydrogen (secondary N) is 1. The van der Waals surface area contributed by atoms with E-state index >= 15 is 0 Å². The Morgan fingerprint density at radius 3 is 2.68 bits per heavy atom. The minimum absolute atomic E-state index is 0.374. The molecule has 0 amide bonds. The number of methoxy groups -OCH3 is 1. The summed E-state index contributed by atoms with van der Waals surface area (Å²) in [7, 11) is 1.38. The van der Waals surface area contributed by atoms with Crippen LogP contribution >= 0.6 is 22.9 Å². The van der Waals surface area contributed by atoms with Crippen molar-refractivity contribution in [1.29, 1.82) is 0 Å². The third-order valence-electron chi connectivity index (χ3n) is 4.29. The number of nitrogens with zero attached hydrogens (tertiary/aromatic N) is 2. The number of anilines is 1. The monoisotopic (exact) mass is 409 g/mol. The third-order valence-corrected chi connectivity index (χ3v) is 5.41. The molecule has 0 fully saturated rings. The zero-order valence-corrected chi connectivity index (χ0v) is 16.6. The van der Waals surface area contributed by atoms with Crippen LogP contribution in [-0.4, -0.2) is 23.0 Å². The molecule has 140 valence electrons. The number of pyridine rings is 1. The number of benzene rings is 2. The fraction of sp³-hybridized carbons (Fsp3) is 0.0952. The SMILES string of the molecule is COC(=O)c1cc(-c2ccc(NCc3cnc(Cl)s3)cc2)nc2ccccc12. The van der Waals surface area contributed by atoms with Gasteiger partial charge in [-0.2, -0.15) is 0 Å². The maximum absolute atomic E-state index is 12.2. The highest BCUT2D eigenvalue weighted by atomic mass is 35.5. The number of hydrogen-bond acceptors (Lipinski definition) is 6. The molecule has 0 saturated heterocycles. The second kappa shape index (κ2) is 7.96. The number of carbonyl (C=O) groups is 1. The lowest BCUT2D eigenvalue weighted by Gasteiger charge is -2.10. The number of para-hydroxylation sites is 1. The molecule has 0 aliphatic carbocycles. The van der Waals surface area contributed by atoms with Gasteiger partial charge in [-0.3, -0.25) is 0 Å². The fourth-order valence-corrected chi connectivity index (χ4v) is 3.83. The Bertz CT molecular complexity index is 1140. The average Bonchev–Trinajstić information content (AvgIpc) is 3.16. The van der Waals surface area contributed by atoms with Gasteiger partial charge in [0.2, 0.25) is 0 Å². The summed E-state index contributed by atoms with van der Waals surface area (Å²) < 4.78 is 5.48. The molecule has 0 bridgehead atoms. The van der Waals surface area contributed by atoms with Crippen LogP contribution in [0.3, 0.4) is 0 Å². The summed E-state index contributed by atoms with van der Waals surface area (Å²) in [6.07, 6.45) is 1.77. The first-order valence-corrected chi connectivity index (χ1v) is 9.76. The molecule has 0 unspecified atom stereocenters. The van der Waals surface area contributed by atoms with Crippen LogP contribution in [0.5, 0.6) is 0 Å². The molecule has 0 aliphatic rings. The zero-order chi connectivity index (χ0) is 19.5. The normalized spacial score (nSPS) is 10.8. The van der Waals surface area contributed by atoms with E-state index in [1.807, 2.05) is 48.5 Å². The van der Waals surface area contributed by atoms with Crippen LogP contribution in [-0.2, 0) is 11.3 Å². The molecule has 0 saturated carbocycles. The lowest BCUT2D eigenvalue weighted by molar-refractivity contribution is 0.0603. The summed E-state index contributed by atoms with van der Waals surface area (Å²) in [5, 5.41) is 4.12. The van der Waals surface area contributed by atoms with E-state index in [9.17, 15) is 4.79 Å². The largest absolute Gasteiger partial charge is 0.465 e. The van der Waals surface area contributed by atoms with Crippen molar-refractivity contribution in [2.24, 2.45) is 0 Å². The summed E-state index contributed by atoms with van der Waals surface area (Å²) in [5.74, 6) is -0.374. The fourth-order valence-electron chi connectivity index (χ4n) is 2.92. The topological polar surface area (TPSA) is 64.1 Å². The van der Waals surface area contributed by atoms with Gasteiger partial charge in [0.1, 0.15) is 0 Å². The molecule has 7 heteroatoms. The second-order valence-electron chi connectivity index (χ2n) is 6.07. The predicted molar refractivity (Wildman–Crippen MR) is 113 cm³/mol. The molecule has 2 aromatic heterocycles. The van der Waals surface area contributed by atoms with Gasteiger partial charge < -0.3 is 10.1 Å². The standard InChI is InChI=1S/C21H16ClN3O2S/c1-27-20(26)17-10-19(25-18-5-3-2-4-16(17)18)13-6-8-14(9-7-13)23-11-15-12-24-21(22)28-15/h2-10,12,23H,11H2,1H3. The van der Waals surface area contributed by atoms with Gasteiger partial charge in [0, 0.05) is 27.7 Å². The zero-order valence-electron chi connectivity index (χ0n) is 15.0. The first-order chi connectivity index (χ1) is 13.6. The smallest absolute Gasteiger partial charge is 0.338 e. The van der Waals surface area contributed by atoms with E-state index in [2.05, 4.69) is 10.3 Å². The van der Waals surface area contributed by atoms with Crippen molar-refractivity contribution >= 4 is 45.5 Å². The van der Waals surface area contributed by atoms with E-state index in [1.54, 1.807) is 12.3 Å².